The van der Waals surface area contributed by atoms with Crippen LogP contribution in [0.15, 0.2) is 33.8 Å². The highest BCUT2D eigenvalue weighted by atomic mass is 35.5. The van der Waals surface area contributed by atoms with Gasteiger partial charge in [0, 0.05) is 22.9 Å². The summed E-state index contributed by atoms with van der Waals surface area (Å²) in [4.78, 5) is 4.59. The topological polar surface area (TPSA) is 56.7 Å². The Morgan fingerprint density at radius 1 is 1.26 bits per heavy atom. The molecule has 0 amide bonds. The maximum Gasteiger partial charge on any atom is 0.226 e. The van der Waals surface area contributed by atoms with Gasteiger partial charge in [0.25, 0.3) is 0 Å². The molecule has 0 fully saturated rings. The molecule has 5 nitrogen and oxygen atoms in total. The summed E-state index contributed by atoms with van der Waals surface area (Å²) in [6.07, 6.45) is 0. The Morgan fingerprint density at radius 2 is 2.09 bits per heavy atom. The molecule has 2 aromatic heterocycles. The predicted molar refractivity (Wildman–Crippen MR) is 91.7 cm³/mol. The summed E-state index contributed by atoms with van der Waals surface area (Å²) >= 11 is 7.64. The van der Waals surface area contributed by atoms with Crippen molar-refractivity contribution >= 4 is 23.4 Å². The third kappa shape index (κ3) is 3.43. The molecule has 0 aliphatic rings. The molecule has 23 heavy (non-hydrogen) atoms. The van der Waals surface area contributed by atoms with Gasteiger partial charge in [-0.3, -0.25) is 0 Å². The van der Waals surface area contributed by atoms with Gasteiger partial charge in [-0.15, -0.1) is 10.2 Å². The standard InChI is InChI=1S/C16H17ClN4OS/c1-4-21-11(3)19-20-16(21)23-9-14-10(2)22-15(18-14)12-6-5-7-13(17)8-12/h5-8H,4,9H2,1-3H3. The molecule has 7 heteroatoms. The van der Waals surface area contributed by atoms with Crippen molar-refractivity contribution in [2.45, 2.75) is 38.2 Å². The van der Waals surface area contributed by atoms with E-state index in [0.717, 1.165) is 34.5 Å². The highest BCUT2D eigenvalue weighted by Gasteiger charge is 2.14. The van der Waals surface area contributed by atoms with Crippen molar-refractivity contribution in [1.82, 2.24) is 19.7 Å². The lowest BCUT2D eigenvalue weighted by molar-refractivity contribution is 0.540. The zero-order chi connectivity index (χ0) is 16.4. The molecule has 0 atom stereocenters. The summed E-state index contributed by atoms with van der Waals surface area (Å²) in [6.45, 7) is 6.82. The quantitative estimate of drug-likeness (QED) is 0.635. The Bertz CT molecular complexity index is 827. The highest BCUT2D eigenvalue weighted by molar-refractivity contribution is 7.98. The van der Waals surface area contributed by atoms with E-state index in [2.05, 4.69) is 26.7 Å². The molecular formula is C16H17ClN4OS. The Balaban J connectivity index is 1.79. The normalized spacial score (nSPS) is 11.1. The molecule has 0 aliphatic carbocycles. The number of rotatable bonds is 5. The molecule has 2 heterocycles. The van der Waals surface area contributed by atoms with E-state index in [1.54, 1.807) is 11.8 Å². The molecule has 0 aliphatic heterocycles. The van der Waals surface area contributed by atoms with Crippen LogP contribution in [0.1, 0.15) is 24.2 Å². The van der Waals surface area contributed by atoms with Crippen LogP contribution < -0.4 is 0 Å². The Kier molecular flexibility index (Phi) is 4.73. The van der Waals surface area contributed by atoms with Gasteiger partial charge < -0.3 is 8.98 Å². The van der Waals surface area contributed by atoms with Gasteiger partial charge in [-0.25, -0.2) is 4.98 Å². The average molecular weight is 349 g/mol. The lowest BCUT2D eigenvalue weighted by Crippen LogP contribution is -1.99. The molecule has 1 aromatic carbocycles. The SMILES string of the molecule is CCn1c(C)nnc1SCc1nc(-c2cccc(Cl)c2)oc1C. The number of oxazole rings is 1. The van der Waals surface area contributed by atoms with E-state index in [1.165, 1.54) is 0 Å². The molecule has 120 valence electrons. The molecular weight excluding hydrogens is 332 g/mol. The van der Waals surface area contributed by atoms with Crippen molar-refractivity contribution in [1.29, 1.82) is 0 Å². The molecule has 0 saturated heterocycles. The fourth-order valence-corrected chi connectivity index (χ4v) is 3.51. The van der Waals surface area contributed by atoms with Crippen molar-refractivity contribution in [3.05, 3.63) is 46.6 Å². The zero-order valence-electron chi connectivity index (χ0n) is 13.2. The molecule has 0 spiro atoms. The number of thioether (sulfide) groups is 1. The first-order chi connectivity index (χ1) is 11.1. The van der Waals surface area contributed by atoms with Crippen LogP contribution in [-0.2, 0) is 12.3 Å². The Morgan fingerprint density at radius 3 is 2.83 bits per heavy atom. The maximum atomic E-state index is 6.03. The number of hydrogen-bond acceptors (Lipinski definition) is 5. The summed E-state index contributed by atoms with van der Waals surface area (Å²) in [6, 6.07) is 7.50. The van der Waals surface area contributed by atoms with E-state index in [9.17, 15) is 0 Å². The minimum Gasteiger partial charge on any atom is -0.441 e. The van der Waals surface area contributed by atoms with Crippen LogP contribution in [0.25, 0.3) is 11.5 Å². The average Bonchev–Trinajstić information content (AvgIpc) is 3.08. The van der Waals surface area contributed by atoms with Crippen molar-refractivity contribution < 1.29 is 4.42 Å². The first-order valence-electron chi connectivity index (χ1n) is 7.33. The molecule has 0 unspecified atom stereocenters. The first-order valence-corrected chi connectivity index (χ1v) is 8.69. The van der Waals surface area contributed by atoms with Crippen LogP contribution in [0.4, 0.5) is 0 Å². The second-order valence-corrected chi connectivity index (χ2v) is 6.47. The third-order valence-corrected chi connectivity index (χ3v) is 4.73. The second kappa shape index (κ2) is 6.76. The number of nitrogens with zero attached hydrogens (tertiary/aromatic N) is 4. The maximum absolute atomic E-state index is 6.03. The minimum absolute atomic E-state index is 0.591. The van der Waals surface area contributed by atoms with Gasteiger partial charge in [-0.05, 0) is 39.0 Å². The second-order valence-electron chi connectivity index (χ2n) is 5.09. The lowest BCUT2D eigenvalue weighted by Gasteiger charge is -2.03. The molecule has 3 aromatic rings. The van der Waals surface area contributed by atoms with Crippen LogP contribution in [0, 0.1) is 13.8 Å². The number of hydrogen-bond donors (Lipinski definition) is 0. The van der Waals surface area contributed by atoms with Crippen LogP contribution in [-0.4, -0.2) is 19.7 Å². The van der Waals surface area contributed by atoms with Crippen LogP contribution in [0.3, 0.4) is 0 Å². The number of aryl methyl sites for hydroxylation is 2. The summed E-state index contributed by atoms with van der Waals surface area (Å²) in [7, 11) is 0. The number of halogens is 1. The van der Waals surface area contributed by atoms with E-state index in [0.29, 0.717) is 16.7 Å². The van der Waals surface area contributed by atoms with Gasteiger partial charge in [-0.1, -0.05) is 29.4 Å². The number of benzene rings is 1. The van der Waals surface area contributed by atoms with E-state index < -0.39 is 0 Å². The largest absolute Gasteiger partial charge is 0.441 e. The minimum atomic E-state index is 0.591. The Hall–Kier alpha value is -1.79. The first kappa shape index (κ1) is 16.1. The third-order valence-electron chi connectivity index (χ3n) is 3.52. The van der Waals surface area contributed by atoms with Gasteiger partial charge in [0.15, 0.2) is 5.16 Å². The van der Waals surface area contributed by atoms with Gasteiger partial charge >= 0.3 is 0 Å². The fraction of sp³-hybridized carbons (Fsp3) is 0.312. The predicted octanol–water partition coefficient (Wildman–Crippen LogP) is 4.52. The fourth-order valence-electron chi connectivity index (χ4n) is 2.27. The van der Waals surface area contributed by atoms with Gasteiger partial charge in [0.2, 0.25) is 5.89 Å². The van der Waals surface area contributed by atoms with Crippen molar-refractivity contribution in [2.24, 2.45) is 0 Å². The smallest absolute Gasteiger partial charge is 0.226 e. The van der Waals surface area contributed by atoms with E-state index in [-0.39, 0.29) is 0 Å². The van der Waals surface area contributed by atoms with Crippen molar-refractivity contribution in [3.8, 4) is 11.5 Å². The molecule has 0 N–H and O–H groups in total. The van der Waals surface area contributed by atoms with Crippen molar-refractivity contribution in [3.63, 3.8) is 0 Å². The zero-order valence-corrected chi connectivity index (χ0v) is 14.8. The van der Waals surface area contributed by atoms with E-state index in [4.69, 9.17) is 16.0 Å². The van der Waals surface area contributed by atoms with E-state index in [1.807, 2.05) is 38.1 Å². The van der Waals surface area contributed by atoms with Crippen LogP contribution >= 0.6 is 23.4 Å². The monoisotopic (exact) mass is 348 g/mol. The summed E-state index contributed by atoms with van der Waals surface area (Å²) in [5.41, 5.74) is 1.79. The van der Waals surface area contributed by atoms with Crippen molar-refractivity contribution in [2.75, 3.05) is 0 Å². The highest BCUT2D eigenvalue weighted by Crippen LogP contribution is 2.28. The summed E-state index contributed by atoms with van der Waals surface area (Å²) < 4.78 is 7.86. The van der Waals surface area contributed by atoms with Gasteiger partial charge in [-0.2, -0.15) is 0 Å². The molecule has 0 saturated carbocycles. The van der Waals surface area contributed by atoms with Crippen LogP contribution in [0.5, 0.6) is 0 Å². The Labute approximate surface area is 144 Å². The summed E-state index contributed by atoms with van der Waals surface area (Å²) in [5, 5.41) is 9.89. The molecule has 3 rings (SSSR count). The van der Waals surface area contributed by atoms with Gasteiger partial charge in [0.05, 0.1) is 5.69 Å². The number of aromatic nitrogens is 4. The van der Waals surface area contributed by atoms with Gasteiger partial charge in [0.1, 0.15) is 11.6 Å². The lowest BCUT2D eigenvalue weighted by atomic mass is 10.2. The summed E-state index contributed by atoms with van der Waals surface area (Å²) in [5.74, 6) is 3.01. The van der Waals surface area contributed by atoms with Crippen LogP contribution in [0.2, 0.25) is 5.02 Å². The molecule has 0 bridgehead atoms. The molecule has 0 radical (unpaired) electrons. The van der Waals surface area contributed by atoms with E-state index >= 15 is 0 Å².